The first-order valence-corrected chi connectivity index (χ1v) is 9.74. The number of nitrogen functional groups attached to an aromatic ring is 1. The van der Waals surface area contributed by atoms with Gasteiger partial charge in [-0.3, -0.25) is 4.79 Å². The molecule has 12 heteroatoms. The molecular formula is C19H17F4N5O2S. The third-order valence-electron chi connectivity index (χ3n) is 4.06. The highest BCUT2D eigenvalue weighted by Gasteiger charge is 2.30. The van der Waals surface area contributed by atoms with Crippen molar-refractivity contribution in [1.82, 2.24) is 14.9 Å². The number of anilines is 1. The average Bonchev–Trinajstić information content (AvgIpc) is 3.06. The van der Waals surface area contributed by atoms with Crippen LogP contribution in [0.25, 0.3) is 0 Å². The number of nitrogens with zero attached hydrogens (tertiary/aromatic N) is 3. The van der Waals surface area contributed by atoms with Gasteiger partial charge in [-0.1, -0.05) is 23.9 Å². The Morgan fingerprint density at radius 3 is 2.52 bits per heavy atom. The Morgan fingerprint density at radius 2 is 1.87 bits per heavy atom. The summed E-state index contributed by atoms with van der Waals surface area (Å²) < 4.78 is 57.9. The zero-order chi connectivity index (χ0) is 22.6. The minimum Gasteiger partial charge on any atom is -0.482 e. The third-order valence-corrected chi connectivity index (χ3v) is 5.12. The van der Waals surface area contributed by atoms with Crippen LogP contribution in [-0.2, 0) is 17.6 Å². The Morgan fingerprint density at radius 1 is 1.19 bits per heavy atom. The van der Waals surface area contributed by atoms with E-state index >= 15 is 0 Å². The van der Waals surface area contributed by atoms with Crippen LogP contribution >= 0.6 is 11.8 Å². The molecule has 2 aromatic carbocycles. The van der Waals surface area contributed by atoms with Gasteiger partial charge in [0.2, 0.25) is 11.1 Å². The smallest absolute Gasteiger partial charge is 0.416 e. The number of thioether (sulfide) groups is 1. The van der Waals surface area contributed by atoms with Crippen molar-refractivity contribution >= 4 is 23.4 Å². The molecule has 0 aliphatic carbocycles. The molecule has 0 bridgehead atoms. The predicted molar refractivity (Wildman–Crippen MR) is 106 cm³/mol. The molecule has 3 aromatic rings. The van der Waals surface area contributed by atoms with Crippen LogP contribution in [0.2, 0.25) is 0 Å². The zero-order valence-electron chi connectivity index (χ0n) is 16.1. The first kappa shape index (κ1) is 22.4. The van der Waals surface area contributed by atoms with Gasteiger partial charge >= 0.3 is 6.18 Å². The van der Waals surface area contributed by atoms with Crippen LogP contribution in [0, 0.1) is 5.82 Å². The summed E-state index contributed by atoms with van der Waals surface area (Å²) in [5.74, 6) is 5.17. The minimum atomic E-state index is -4.45. The molecule has 0 saturated carbocycles. The van der Waals surface area contributed by atoms with E-state index in [1.54, 1.807) is 13.0 Å². The number of hydrogen-bond acceptors (Lipinski definition) is 6. The number of alkyl halides is 3. The standard InChI is InChI=1S/C19H17F4N5O2S/c1-11(17(29)25-13-8-6-12(7-9-13)19(21,22)23)31-18-27-26-16(28(18)24)10-30-15-5-3-2-4-14(15)20/h2-9,11H,10,24H2,1H3,(H,25,29). The molecule has 1 unspecified atom stereocenters. The topological polar surface area (TPSA) is 95.1 Å². The monoisotopic (exact) mass is 455 g/mol. The molecule has 164 valence electrons. The van der Waals surface area contributed by atoms with E-state index in [9.17, 15) is 22.4 Å². The number of aromatic nitrogens is 3. The largest absolute Gasteiger partial charge is 0.482 e. The van der Waals surface area contributed by atoms with E-state index in [0.717, 1.165) is 28.6 Å². The molecule has 3 rings (SSSR count). The van der Waals surface area contributed by atoms with Gasteiger partial charge in [0.15, 0.2) is 17.4 Å². The summed E-state index contributed by atoms with van der Waals surface area (Å²) in [5, 5.41) is 9.81. The second kappa shape index (κ2) is 9.25. The predicted octanol–water partition coefficient (Wildman–Crippen LogP) is 3.85. The van der Waals surface area contributed by atoms with Crippen molar-refractivity contribution in [2.24, 2.45) is 0 Å². The lowest BCUT2D eigenvalue weighted by atomic mass is 10.2. The Bertz CT molecular complexity index is 1060. The van der Waals surface area contributed by atoms with Crippen molar-refractivity contribution in [3.8, 4) is 5.75 Å². The number of hydrogen-bond donors (Lipinski definition) is 2. The molecule has 0 saturated heterocycles. The van der Waals surface area contributed by atoms with Gasteiger partial charge < -0.3 is 15.9 Å². The zero-order valence-corrected chi connectivity index (χ0v) is 16.9. The number of nitrogens with one attached hydrogen (secondary N) is 1. The van der Waals surface area contributed by atoms with E-state index in [2.05, 4.69) is 15.5 Å². The Hall–Kier alpha value is -3.28. The van der Waals surface area contributed by atoms with Gasteiger partial charge in [-0.25, -0.2) is 9.07 Å². The van der Waals surface area contributed by atoms with Crippen molar-refractivity contribution < 1.29 is 27.1 Å². The van der Waals surface area contributed by atoms with Gasteiger partial charge in [0.1, 0.15) is 6.61 Å². The number of rotatable bonds is 7. The molecule has 1 atom stereocenters. The maximum Gasteiger partial charge on any atom is 0.416 e. The fraction of sp³-hybridized carbons (Fsp3) is 0.211. The van der Waals surface area contributed by atoms with Crippen molar-refractivity contribution in [2.45, 2.75) is 30.1 Å². The van der Waals surface area contributed by atoms with E-state index in [-0.39, 0.29) is 29.0 Å². The lowest BCUT2D eigenvalue weighted by molar-refractivity contribution is -0.137. The van der Waals surface area contributed by atoms with Gasteiger partial charge in [-0.15, -0.1) is 10.2 Å². The Balaban J connectivity index is 1.58. The highest BCUT2D eigenvalue weighted by molar-refractivity contribution is 8.00. The third kappa shape index (κ3) is 5.66. The van der Waals surface area contributed by atoms with Gasteiger partial charge in [-0.05, 0) is 43.3 Å². The van der Waals surface area contributed by atoms with E-state index in [0.29, 0.717) is 0 Å². The van der Waals surface area contributed by atoms with E-state index in [1.165, 1.54) is 30.3 Å². The van der Waals surface area contributed by atoms with Crippen LogP contribution in [0.4, 0.5) is 23.2 Å². The van der Waals surface area contributed by atoms with Gasteiger partial charge in [0, 0.05) is 5.69 Å². The normalized spacial score (nSPS) is 12.4. The number of carbonyl (C=O) groups is 1. The molecule has 0 radical (unpaired) electrons. The summed E-state index contributed by atoms with van der Waals surface area (Å²) in [7, 11) is 0. The fourth-order valence-electron chi connectivity index (χ4n) is 2.39. The second-order valence-electron chi connectivity index (χ2n) is 6.31. The Labute approximate surface area is 178 Å². The van der Waals surface area contributed by atoms with E-state index in [1.807, 2.05) is 0 Å². The first-order valence-electron chi connectivity index (χ1n) is 8.86. The van der Waals surface area contributed by atoms with Crippen molar-refractivity contribution in [2.75, 3.05) is 11.2 Å². The maximum absolute atomic E-state index is 13.6. The fourth-order valence-corrected chi connectivity index (χ4v) is 3.18. The molecule has 3 N–H and O–H groups in total. The van der Waals surface area contributed by atoms with Gasteiger partial charge in [0.05, 0.1) is 10.8 Å². The van der Waals surface area contributed by atoms with Crippen LogP contribution in [0.15, 0.2) is 53.7 Å². The first-order chi connectivity index (χ1) is 14.6. The average molecular weight is 455 g/mol. The molecule has 1 aromatic heterocycles. The number of halogens is 4. The number of benzene rings is 2. The summed E-state index contributed by atoms with van der Waals surface area (Å²) >= 11 is 0.993. The summed E-state index contributed by atoms with van der Waals surface area (Å²) in [5.41, 5.74) is -0.590. The number of para-hydroxylation sites is 1. The van der Waals surface area contributed by atoms with Gasteiger partial charge in [0.25, 0.3) is 0 Å². The molecule has 1 heterocycles. The number of carbonyl (C=O) groups excluding carboxylic acids is 1. The summed E-state index contributed by atoms with van der Waals surface area (Å²) in [6.45, 7) is 1.44. The summed E-state index contributed by atoms with van der Waals surface area (Å²) in [4.78, 5) is 12.3. The lowest BCUT2D eigenvalue weighted by Gasteiger charge is -2.12. The molecule has 0 fully saturated rings. The van der Waals surface area contributed by atoms with Gasteiger partial charge in [-0.2, -0.15) is 13.2 Å². The van der Waals surface area contributed by atoms with Crippen LogP contribution in [0.3, 0.4) is 0 Å². The van der Waals surface area contributed by atoms with Crippen molar-refractivity contribution in [1.29, 1.82) is 0 Å². The second-order valence-corrected chi connectivity index (χ2v) is 7.62. The van der Waals surface area contributed by atoms with Crippen molar-refractivity contribution in [3.63, 3.8) is 0 Å². The summed E-state index contributed by atoms with van der Waals surface area (Å²) in [6.07, 6.45) is -4.45. The number of amides is 1. The number of ether oxygens (including phenoxy) is 1. The molecule has 0 spiro atoms. The van der Waals surface area contributed by atoms with Crippen LogP contribution in [-0.4, -0.2) is 26.0 Å². The SMILES string of the molecule is CC(Sc1nnc(COc2ccccc2F)n1N)C(=O)Nc1ccc(C(F)(F)F)cc1. The molecule has 31 heavy (non-hydrogen) atoms. The summed E-state index contributed by atoms with van der Waals surface area (Å²) in [6, 6.07) is 9.95. The van der Waals surface area contributed by atoms with E-state index in [4.69, 9.17) is 10.6 Å². The molecule has 1 amide bonds. The van der Waals surface area contributed by atoms with E-state index < -0.39 is 28.7 Å². The molecule has 0 aliphatic rings. The van der Waals surface area contributed by atoms with Crippen LogP contribution in [0.5, 0.6) is 5.75 Å². The number of nitrogens with two attached hydrogens (primary N) is 1. The molecule has 0 aliphatic heterocycles. The lowest BCUT2D eigenvalue weighted by Crippen LogP contribution is -2.24. The van der Waals surface area contributed by atoms with Crippen LogP contribution < -0.4 is 15.9 Å². The highest BCUT2D eigenvalue weighted by Crippen LogP contribution is 2.30. The maximum atomic E-state index is 13.6. The molecular weight excluding hydrogens is 438 g/mol. The Kier molecular flexibility index (Phi) is 6.68. The van der Waals surface area contributed by atoms with Crippen LogP contribution in [0.1, 0.15) is 18.3 Å². The quantitative estimate of drug-likeness (QED) is 0.319. The van der Waals surface area contributed by atoms with Crippen molar-refractivity contribution in [3.05, 3.63) is 65.7 Å². The highest BCUT2D eigenvalue weighted by atomic mass is 32.2. The minimum absolute atomic E-state index is 0.0315. The molecule has 7 nitrogen and oxygen atoms in total.